The fourth-order valence-electron chi connectivity index (χ4n) is 5.07. The molecule has 4 aromatic rings. The number of carbonyl (C=O) groups excluding carboxylic acids is 2. The van der Waals surface area contributed by atoms with E-state index in [4.69, 9.17) is 4.74 Å². The average molecular weight is 500 g/mol. The van der Waals surface area contributed by atoms with Crippen LogP contribution in [0.2, 0.25) is 0 Å². The molecule has 0 bridgehead atoms. The largest absolute Gasteiger partial charge is 0.497 e. The van der Waals surface area contributed by atoms with Crippen LogP contribution in [0.15, 0.2) is 66.7 Å². The van der Waals surface area contributed by atoms with Crippen LogP contribution < -0.4 is 26.2 Å². The summed E-state index contributed by atoms with van der Waals surface area (Å²) in [6.45, 7) is 0. The van der Waals surface area contributed by atoms with Crippen molar-refractivity contribution in [2.45, 2.75) is 24.9 Å². The zero-order valence-corrected chi connectivity index (χ0v) is 20.4. The highest BCUT2D eigenvalue weighted by Gasteiger charge is 2.43. The zero-order valence-electron chi connectivity index (χ0n) is 19.6. The Hall–Kier alpha value is -3.79. The van der Waals surface area contributed by atoms with E-state index in [2.05, 4.69) is 38.6 Å². The number of methoxy groups -OCH3 is 1. The molecule has 9 heteroatoms. The van der Waals surface area contributed by atoms with Gasteiger partial charge in [-0.05, 0) is 66.4 Å². The third kappa shape index (κ3) is 4.21. The first-order chi connectivity index (χ1) is 17.6. The van der Waals surface area contributed by atoms with Crippen molar-refractivity contribution in [3.8, 4) is 5.75 Å². The third-order valence-corrected chi connectivity index (χ3v) is 7.81. The lowest BCUT2D eigenvalue weighted by Crippen LogP contribution is -2.42. The Morgan fingerprint density at radius 2 is 1.89 bits per heavy atom. The molecule has 182 valence electrons. The maximum atomic E-state index is 13.2. The quantitative estimate of drug-likeness (QED) is 0.327. The summed E-state index contributed by atoms with van der Waals surface area (Å²) < 4.78 is 6.25. The van der Waals surface area contributed by atoms with Gasteiger partial charge in [0.05, 0.1) is 23.4 Å². The van der Waals surface area contributed by atoms with Crippen molar-refractivity contribution in [1.82, 2.24) is 15.8 Å². The molecular formula is C27H25N5O3S. The minimum absolute atomic E-state index is 0.0755. The molecule has 2 amide bonds. The van der Waals surface area contributed by atoms with Gasteiger partial charge in [0, 0.05) is 17.2 Å². The monoisotopic (exact) mass is 499 g/mol. The Labute approximate surface area is 212 Å². The van der Waals surface area contributed by atoms with Crippen molar-refractivity contribution in [3.63, 3.8) is 0 Å². The van der Waals surface area contributed by atoms with E-state index >= 15 is 0 Å². The molecular weight excluding hydrogens is 474 g/mol. The highest BCUT2D eigenvalue weighted by molar-refractivity contribution is 7.22. The van der Waals surface area contributed by atoms with Crippen LogP contribution in [0.25, 0.3) is 10.2 Å². The van der Waals surface area contributed by atoms with E-state index in [0.29, 0.717) is 16.4 Å². The standard InChI is InChI=1S/C27H25N5O3S/c1-35-18-9-11-19-16(13-18)7-10-20-23(19)31-32-24(20)26(34)28-17-8-12-21-22(14-17)36-27(29-21)30-25(33)15-5-3-2-4-6-15/h2-6,8-9,11-14,20,23-24,31-32H,7,10H2,1H3,(H,28,34)(H,29,30,33). The molecule has 3 aromatic carbocycles. The van der Waals surface area contributed by atoms with Gasteiger partial charge in [-0.1, -0.05) is 35.6 Å². The normalized spacial score (nSPS) is 20.4. The van der Waals surface area contributed by atoms with E-state index in [0.717, 1.165) is 28.8 Å². The first-order valence-corrected chi connectivity index (χ1v) is 12.7. The van der Waals surface area contributed by atoms with Crippen molar-refractivity contribution in [1.29, 1.82) is 0 Å². The molecule has 1 aliphatic heterocycles. The number of ether oxygens (including phenoxy) is 1. The zero-order chi connectivity index (χ0) is 24.6. The summed E-state index contributed by atoms with van der Waals surface area (Å²) in [7, 11) is 1.67. The van der Waals surface area contributed by atoms with Crippen molar-refractivity contribution in [2.75, 3.05) is 17.7 Å². The van der Waals surface area contributed by atoms with E-state index in [1.807, 2.05) is 42.5 Å². The molecule has 6 rings (SSSR count). The maximum absolute atomic E-state index is 13.2. The van der Waals surface area contributed by atoms with Gasteiger partial charge in [0.25, 0.3) is 5.91 Å². The predicted molar refractivity (Wildman–Crippen MR) is 140 cm³/mol. The number of aromatic nitrogens is 1. The molecule has 3 unspecified atom stereocenters. The Morgan fingerprint density at radius 1 is 1.03 bits per heavy atom. The number of fused-ring (bicyclic) bond motifs is 4. The predicted octanol–water partition coefficient (Wildman–Crippen LogP) is 4.28. The minimum Gasteiger partial charge on any atom is -0.497 e. The number of hydrogen-bond donors (Lipinski definition) is 4. The maximum Gasteiger partial charge on any atom is 0.257 e. The number of benzene rings is 3. The molecule has 0 saturated carbocycles. The van der Waals surface area contributed by atoms with E-state index in [1.165, 1.54) is 22.5 Å². The van der Waals surface area contributed by atoms with E-state index in [9.17, 15) is 9.59 Å². The molecule has 8 nitrogen and oxygen atoms in total. The van der Waals surface area contributed by atoms with Crippen LogP contribution in [0.1, 0.15) is 33.9 Å². The molecule has 1 aliphatic carbocycles. The SMILES string of the molecule is COc1ccc2c(c1)CCC1C(C(=O)Nc3ccc4nc(NC(=O)c5ccccc5)sc4c3)NNC21. The van der Waals surface area contributed by atoms with Gasteiger partial charge in [0.1, 0.15) is 11.8 Å². The van der Waals surface area contributed by atoms with Gasteiger partial charge >= 0.3 is 0 Å². The number of thiazole rings is 1. The highest BCUT2D eigenvalue weighted by Crippen LogP contribution is 2.40. The first kappa shape index (κ1) is 22.7. The molecule has 0 spiro atoms. The molecule has 4 N–H and O–H groups in total. The number of nitrogens with one attached hydrogen (secondary N) is 4. The molecule has 1 saturated heterocycles. The Balaban J connectivity index is 1.15. The molecule has 1 fully saturated rings. The fraction of sp³-hybridized carbons (Fsp3) is 0.222. The van der Waals surface area contributed by atoms with Crippen molar-refractivity contribution in [2.24, 2.45) is 5.92 Å². The molecule has 1 aromatic heterocycles. The van der Waals surface area contributed by atoms with Gasteiger partial charge in [-0.3, -0.25) is 14.9 Å². The lowest BCUT2D eigenvalue weighted by atomic mass is 9.77. The summed E-state index contributed by atoms with van der Waals surface area (Å²) in [4.78, 5) is 30.2. The number of nitrogens with zero attached hydrogens (tertiary/aromatic N) is 1. The van der Waals surface area contributed by atoms with Crippen LogP contribution in [-0.4, -0.2) is 29.9 Å². The Kier molecular flexibility index (Phi) is 5.88. The number of rotatable bonds is 5. The van der Waals surface area contributed by atoms with Crippen LogP contribution in [0.4, 0.5) is 10.8 Å². The van der Waals surface area contributed by atoms with Gasteiger partial charge in [0.2, 0.25) is 5.91 Å². The van der Waals surface area contributed by atoms with E-state index < -0.39 is 0 Å². The second kappa shape index (κ2) is 9.34. The number of anilines is 2. The van der Waals surface area contributed by atoms with Crippen LogP contribution in [0.3, 0.4) is 0 Å². The second-order valence-electron chi connectivity index (χ2n) is 9.02. The summed E-state index contributed by atoms with van der Waals surface area (Å²) in [5, 5.41) is 6.43. The van der Waals surface area contributed by atoms with Crippen LogP contribution in [-0.2, 0) is 11.2 Å². The summed E-state index contributed by atoms with van der Waals surface area (Å²) in [5.74, 6) is 0.727. The fourth-order valence-corrected chi connectivity index (χ4v) is 5.97. The van der Waals surface area contributed by atoms with Crippen LogP contribution in [0, 0.1) is 5.92 Å². The van der Waals surface area contributed by atoms with Gasteiger partial charge in [-0.15, -0.1) is 0 Å². The van der Waals surface area contributed by atoms with E-state index in [-0.39, 0.29) is 29.8 Å². The number of aryl methyl sites for hydroxylation is 1. The van der Waals surface area contributed by atoms with Crippen molar-refractivity contribution < 1.29 is 14.3 Å². The molecule has 2 heterocycles. The third-order valence-electron chi connectivity index (χ3n) is 6.88. The number of amides is 2. The lowest BCUT2D eigenvalue weighted by Gasteiger charge is -2.29. The number of hydrogen-bond acceptors (Lipinski definition) is 7. The molecule has 0 radical (unpaired) electrons. The van der Waals surface area contributed by atoms with E-state index in [1.54, 1.807) is 19.2 Å². The summed E-state index contributed by atoms with van der Waals surface area (Å²) in [6.07, 6.45) is 1.81. The Bertz CT molecular complexity index is 1450. The smallest absolute Gasteiger partial charge is 0.257 e. The topological polar surface area (TPSA) is 104 Å². The van der Waals surface area contributed by atoms with Crippen molar-refractivity contribution >= 4 is 44.2 Å². The first-order valence-electron chi connectivity index (χ1n) is 11.8. The summed E-state index contributed by atoms with van der Waals surface area (Å²) in [6, 6.07) is 20.5. The van der Waals surface area contributed by atoms with Gasteiger partial charge < -0.3 is 10.1 Å². The van der Waals surface area contributed by atoms with Crippen LogP contribution >= 0.6 is 11.3 Å². The van der Waals surface area contributed by atoms with Gasteiger partial charge in [-0.2, -0.15) is 0 Å². The Morgan fingerprint density at radius 3 is 2.72 bits per heavy atom. The summed E-state index contributed by atoms with van der Waals surface area (Å²) in [5.41, 5.74) is 11.1. The van der Waals surface area contributed by atoms with Crippen molar-refractivity contribution in [3.05, 3.63) is 83.4 Å². The van der Waals surface area contributed by atoms with Crippen LogP contribution in [0.5, 0.6) is 5.75 Å². The lowest BCUT2D eigenvalue weighted by molar-refractivity contribution is -0.118. The number of hydrazine groups is 1. The molecule has 36 heavy (non-hydrogen) atoms. The molecule has 3 atom stereocenters. The number of carbonyl (C=O) groups is 2. The molecule has 2 aliphatic rings. The van der Waals surface area contributed by atoms with Gasteiger partial charge in [-0.25, -0.2) is 15.8 Å². The van der Waals surface area contributed by atoms with Gasteiger partial charge in [0.15, 0.2) is 5.13 Å². The second-order valence-corrected chi connectivity index (χ2v) is 10.1. The average Bonchev–Trinajstić information content (AvgIpc) is 3.52. The highest BCUT2D eigenvalue weighted by atomic mass is 32.1. The minimum atomic E-state index is -0.344. The summed E-state index contributed by atoms with van der Waals surface area (Å²) >= 11 is 1.37.